The van der Waals surface area contributed by atoms with Gasteiger partial charge in [0, 0.05) is 38.1 Å². The Morgan fingerprint density at radius 2 is 2.20 bits per heavy atom. The molecule has 1 amide bonds. The SMILES string of the molecule is CCOc1ccc(C(=O)NCC(c2cccnc2)N2CCOCC2)o1. The van der Waals surface area contributed by atoms with Crippen molar-refractivity contribution < 1.29 is 18.7 Å². The van der Waals surface area contributed by atoms with E-state index in [4.69, 9.17) is 13.9 Å². The summed E-state index contributed by atoms with van der Waals surface area (Å²) in [5, 5.41) is 2.95. The van der Waals surface area contributed by atoms with Crippen LogP contribution >= 0.6 is 0 Å². The minimum atomic E-state index is -0.256. The molecule has 0 aliphatic carbocycles. The Morgan fingerprint density at radius 1 is 1.36 bits per heavy atom. The fraction of sp³-hybridized carbons (Fsp3) is 0.444. The summed E-state index contributed by atoms with van der Waals surface area (Å²) in [4.78, 5) is 18.9. The van der Waals surface area contributed by atoms with Crippen LogP contribution in [0.2, 0.25) is 0 Å². The van der Waals surface area contributed by atoms with Crippen molar-refractivity contribution in [3.8, 4) is 5.95 Å². The van der Waals surface area contributed by atoms with E-state index in [2.05, 4.69) is 15.2 Å². The number of furan rings is 1. The molecule has 1 saturated heterocycles. The summed E-state index contributed by atoms with van der Waals surface area (Å²) in [6.45, 7) is 5.86. The van der Waals surface area contributed by atoms with Crippen molar-refractivity contribution in [2.24, 2.45) is 0 Å². The molecule has 0 radical (unpaired) electrons. The summed E-state index contributed by atoms with van der Waals surface area (Å²) in [5.41, 5.74) is 1.07. The molecule has 134 valence electrons. The molecular weight excluding hydrogens is 322 g/mol. The monoisotopic (exact) mass is 345 g/mol. The normalized spacial score (nSPS) is 16.4. The number of ether oxygens (including phenoxy) is 2. The number of rotatable bonds is 7. The summed E-state index contributed by atoms with van der Waals surface area (Å²) < 4.78 is 16.1. The van der Waals surface area contributed by atoms with Gasteiger partial charge in [-0.1, -0.05) is 6.07 Å². The second-order valence-corrected chi connectivity index (χ2v) is 5.71. The van der Waals surface area contributed by atoms with Gasteiger partial charge < -0.3 is 19.2 Å². The Morgan fingerprint density at radius 3 is 2.92 bits per heavy atom. The number of amides is 1. The van der Waals surface area contributed by atoms with E-state index in [1.54, 1.807) is 18.3 Å². The van der Waals surface area contributed by atoms with Crippen LogP contribution < -0.4 is 10.1 Å². The summed E-state index contributed by atoms with van der Waals surface area (Å²) in [6.07, 6.45) is 3.59. The van der Waals surface area contributed by atoms with Crippen molar-refractivity contribution in [1.82, 2.24) is 15.2 Å². The van der Waals surface area contributed by atoms with Gasteiger partial charge in [-0.2, -0.15) is 0 Å². The summed E-state index contributed by atoms with van der Waals surface area (Å²) >= 11 is 0. The number of carbonyl (C=O) groups excluding carboxylic acids is 1. The van der Waals surface area contributed by atoms with E-state index in [0.29, 0.717) is 32.3 Å². The van der Waals surface area contributed by atoms with Gasteiger partial charge in [0.25, 0.3) is 11.9 Å². The minimum absolute atomic E-state index is 0.0443. The average molecular weight is 345 g/mol. The number of hydrogen-bond acceptors (Lipinski definition) is 6. The van der Waals surface area contributed by atoms with E-state index in [1.807, 2.05) is 25.3 Å². The first kappa shape index (κ1) is 17.4. The van der Waals surface area contributed by atoms with E-state index >= 15 is 0 Å². The zero-order valence-electron chi connectivity index (χ0n) is 14.3. The molecule has 3 heterocycles. The van der Waals surface area contributed by atoms with Crippen molar-refractivity contribution in [3.63, 3.8) is 0 Å². The third-order valence-electron chi connectivity index (χ3n) is 4.10. The van der Waals surface area contributed by atoms with Gasteiger partial charge in [-0.3, -0.25) is 14.7 Å². The van der Waals surface area contributed by atoms with Crippen LogP contribution in [-0.4, -0.2) is 55.2 Å². The standard InChI is InChI=1S/C18H23N3O4/c1-2-24-17-6-5-16(25-17)18(22)20-13-15(14-4-3-7-19-12-14)21-8-10-23-11-9-21/h3-7,12,15H,2,8-11,13H2,1H3,(H,20,22). The van der Waals surface area contributed by atoms with Crippen LogP contribution in [0.1, 0.15) is 29.1 Å². The fourth-order valence-corrected chi connectivity index (χ4v) is 2.86. The van der Waals surface area contributed by atoms with E-state index in [9.17, 15) is 4.79 Å². The first-order valence-electron chi connectivity index (χ1n) is 8.50. The zero-order valence-corrected chi connectivity index (χ0v) is 14.3. The van der Waals surface area contributed by atoms with Crippen molar-refractivity contribution in [3.05, 3.63) is 48.0 Å². The first-order chi connectivity index (χ1) is 12.3. The van der Waals surface area contributed by atoms with Gasteiger partial charge in [-0.15, -0.1) is 0 Å². The molecule has 2 aromatic rings. The van der Waals surface area contributed by atoms with Gasteiger partial charge >= 0.3 is 0 Å². The smallest absolute Gasteiger partial charge is 0.287 e. The highest BCUT2D eigenvalue weighted by atomic mass is 16.6. The maximum Gasteiger partial charge on any atom is 0.287 e. The Bertz CT molecular complexity index is 668. The molecule has 1 fully saturated rings. The maximum atomic E-state index is 12.4. The number of carbonyl (C=O) groups is 1. The minimum Gasteiger partial charge on any atom is -0.465 e. The molecule has 3 rings (SSSR count). The van der Waals surface area contributed by atoms with Gasteiger partial charge in [0.1, 0.15) is 0 Å². The highest BCUT2D eigenvalue weighted by Crippen LogP contribution is 2.21. The van der Waals surface area contributed by atoms with Crippen LogP contribution in [0.4, 0.5) is 0 Å². The van der Waals surface area contributed by atoms with Crippen LogP contribution in [0.25, 0.3) is 0 Å². The lowest BCUT2D eigenvalue weighted by Gasteiger charge is -2.34. The number of aromatic nitrogens is 1. The van der Waals surface area contributed by atoms with Crippen LogP contribution in [0.5, 0.6) is 5.95 Å². The molecule has 0 saturated carbocycles. The van der Waals surface area contributed by atoms with Crippen molar-refractivity contribution in [2.75, 3.05) is 39.5 Å². The second kappa shape index (κ2) is 8.64. The van der Waals surface area contributed by atoms with Gasteiger partial charge in [0.15, 0.2) is 5.76 Å². The van der Waals surface area contributed by atoms with Crippen LogP contribution in [-0.2, 0) is 4.74 Å². The van der Waals surface area contributed by atoms with Crippen molar-refractivity contribution in [2.45, 2.75) is 13.0 Å². The molecular formula is C18H23N3O4. The first-order valence-corrected chi connectivity index (χ1v) is 8.50. The third-order valence-corrected chi connectivity index (χ3v) is 4.10. The molecule has 0 aromatic carbocycles. The Balaban J connectivity index is 1.66. The van der Waals surface area contributed by atoms with Gasteiger partial charge in [0.2, 0.25) is 0 Å². The molecule has 1 aliphatic rings. The highest BCUT2D eigenvalue weighted by molar-refractivity contribution is 5.91. The van der Waals surface area contributed by atoms with Crippen molar-refractivity contribution >= 4 is 5.91 Å². The Hall–Kier alpha value is -2.38. The van der Waals surface area contributed by atoms with E-state index in [-0.39, 0.29) is 17.7 Å². The number of pyridine rings is 1. The van der Waals surface area contributed by atoms with E-state index < -0.39 is 0 Å². The number of hydrogen-bond donors (Lipinski definition) is 1. The molecule has 1 aliphatic heterocycles. The molecule has 0 spiro atoms. The van der Waals surface area contributed by atoms with E-state index in [0.717, 1.165) is 18.7 Å². The molecule has 2 aromatic heterocycles. The molecule has 7 nitrogen and oxygen atoms in total. The molecule has 1 N–H and O–H groups in total. The molecule has 25 heavy (non-hydrogen) atoms. The zero-order chi connectivity index (χ0) is 17.5. The lowest BCUT2D eigenvalue weighted by molar-refractivity contribution is 0.0161. The quantitative estimate of drug-likeness (QED) is 0.826. The van der Waals surface area contributed by atoms with Crippen LogP contribution in [0, 0.1) is 0 Å². The summed E-state index contributed by atoms with van der Waals surface area (Å²) in [6, 6.07) is 7.25. The lowest BCUT2D eigenvalue weighted by atomic mass is 10.1. The van der Waals surface area contributed by atoms with Gasteiger partial charge in [-0.05, 0) is 24.6 Å². The maximum absolute atomic E-state index is 12.4. The predicted molar refractivity (Wildman–Crippen MR) is 91.6 cm³/mol. The largest absolute Gasteiger partial charge is 0.465 e. The van der Waals surface area contributed by atoms with Gasteiger partial charge in [0.05, 0.1) is 25.9 Å². The number of morpholine rings is 1. The van der Waals surface area contributed by atoms with Gasteiger partial charge in [-0.25, -0.2) is 0 Å². The molecule has 1 atom stereocenters. The molecule has 0 bridgehead atoms. The highest BCUT2D eigenvalue weighted by Gasteiger charge is 2.24. The third kappa shape index (κ3) is 4.58. The van der Waals surface area contributed by atoms with Crippen LogP contribution in [0.3, 0.4) is 0 Å². The number of nitrogens with zero attached hydrogens (tertiary/aromatic N) is 2. The Labute approximate surface area is 146 Å². The average Bonchev–Trinajstić information content (AvgIpc) is 3.13. The fourth-order valence-electron chi connectivity index (χ4n) is 2.86. The molecule has 1 unspecified atom stereocenters. The summed E-state index contributed by atoms with van der Waals surface area (Å²) in [7, 11) is 0. The van der Waals surface area contributed by atoms with Crippen molar-refractivity contribution in [1.29, 1.82) is 0 Å². The predicted octanol–water partition coefficient (Wildman–Crippen LogP) is 1.88. The summed E-state index contributed by atoms with van der Waals surface area (Å²) in [5.74, 6) is 0.341. The van der Waals surface area contributed by atoms with Crippen LogP contribution in [0.15, 0.2) is 41.1 Å². The van der Waals surface area contributed by atoms with E-state index in [1.165, 1.54) is 0 Å². The Kier molecular flexibility index (Phi) is 6.03. The molecule has 7 heteroatoms. The topological polar surface area (TPSA) is 76.8 Å². The lowest BCUT2D eigenvalue weighted by Crippen LogP contribution is -2.43. The number of nitrogens with one attached hydrogen (secondary N) is 1. The second-order valence-electron chi connectivity index (χ2n) is 5.71.